The van der Waals surface area contributed by atoms with Gasteiger partial charge in [0.05, 0.1) is 21.9 Å². The first-order valence-electron chi connectivity index (χ1n) is 8.64. The number of aromatic nitrogens is 2. The van der Waals surface area contributed by atoms with Crippen LogP contribution < -0.4 is 5.32 Å². The Hall–Kier alpha value is -2.77. The third-order valence-corrected chi connectivity index (χ3v) is 4.71. The van der Waals surface area contributed by atoms with Crippen molar-refractivity contribution in [3.05, 3.63) is 33.4 Å². The molecule has 1 aliphatic carbocycles. The maximum absolute atomic E-state index is 13.1. The van der Waals surface area contributed by atoms with E-state index in [0.29, 0.717) is 12.1 Å². The fraction of sp³-hybridized carbons (Fsp3) is 0.333. The normalized spacial score (nSPS) is 14.1. The molecule has 0 unspecified atom stereocenters. The first-order valence-corrected chi connectivity index (χ1v) is 9.39. The number of anilines is 1. The molecule has 3 rings (SSSR count). The average Bonchev–Trinajstić information content (AvgIpc) is 3.43. The molecule has 1 fully saturated rings. The summed E-state index contributed by atoms with van der Waals surface area (Å²) in [6.07, 6.45) is -1.81. The van der Waals surface area contributed by atoms with E-state index in [9.17, 15) is 23.2 Å². The van der Waals surface area contributed by atoms with Gasteiger partial charge in [-0.3, -0.25) is 4.79 Å². The van der Waals surface area contributed by atoms with Gasteiger partial charge in [0.1, 0.15) is 17.4 Å². The molecule has 1 aliphatic rings. The van der Waals surface area contributed by atoms with Crippen LogP contribution in [0, 0.1) is 17.2 Å². The molecule has 2 aromatic rings. The van der Waals surface area contributed by atoms with Gasteiger partial charge < -0.3 is 10.2 Å². The molecule has 0 radical (unpaired) electrons. The van der Waals surface area contributed by atoms with Crippen molar-refractivity contribution >= 4 is 47.0 Å². The SMILES string of the molecule is CN(C)C=Nc1c(NC(=O)C2CC2)c(C#N)nn1-c1c(Cl)cc(C(F)(F)F)cc1Cl. The number of rotatable bonds is 5. The first-order chi connectivity index (χ1) is 14.0. The van der Waals surface area contributed by atoms with Crippen molar-refractivity contribution < 1.29 is 18.0 Å². The van der Waals surface area contributed by atoms with Gasteiger partial charge in [0.15, 0.2) is 11.5 Å². The average molecular weight is 459 g/mol. The van der Waals surface area contributed by atoms with Crippen LogP contribution in [0.4, 0.5) is 24.7 Å². The Kier molecular flexibility index (Phi) is 5.97. The van der Waals surface area contributed by atoms with Crippen molar-refractivity contribution in [3.63, 3.8) is 0 Å². The fourth-order valence-electron chi connectivity index (χ4n) is 2.55. The van der Waals surface area contributed by atoms with E-state index in [-0.39, 0.29) is 44.8 Å². The summed E-state index contributed by atoms with van der Waals surface area (Å²) in [4.78, 5) is 18.1. The number of carbonyl (C=O) groups excluding carboxylic acids is 1. The summed E-state index contributed by atoms with van der Waals surface area (Å²) in [5.74, 6) is -0.460. The molecular weight excluding hydrogens is 444 g/mol. The Labute approximate surface area is 179 Å². The van der Waals surface area contributed by atoms with E-state index in [1.54, 1.807) is 19.0 Å². The summed E-state index contributed by atoms with van der Waals surface area (Å²) >= 11 is 12.2. The highest BCUT2D eigenvalue weighted by molar-refractivity contribution is 6.38. The van der Waals surface area contributed by atoms with E-state index >= 15 is 0 Å². The van der Waals surface area contributed by atoms with E-state index in [0.717, 1.165) is 17.5 Å². The summed E-state index contributed by atoms with van der Waals surface area (Å²) in [6.45, 7) is 0. The number of benzene rings is 1. The molecule has 12 heteroatoms. The molecule has 1 N–H and O–H groups in total. The Balaban J connectivity index is 2.20. The van der Waals surface area contributed by atoms with Crippen LogP contribution in [-0.4, -0.2) is 41.0 Å². The Morgan fingerprint density at radius 2 is 1.97 bits per heavy atom. The number of amides is 1. The third kappa shape index (κ3) is 4.52. The van der Waals surface area contributed by atoms with E-state index in [4.69, 9.17) is 23.2 Å². The smallest absolute Gasteiger partial charge is 0.369 e. The highest BCUT2D eigenvalue weighted by Gasteiger charge is 2.34. The quantitative estimate of drug-likeness (QED) is 0.522. The third-order valence-electron chi connectivity index (χ3n) is 4.13. The Bertz CT molecular complexity index is 1040. The monoisotopic (exact) mass is 458 g/mol. The largest absolute Gasteiger partial charge is 0.416 e. The molecule has 0 saturated heterocycles. The van der Waals surface area contributed by atoms with Crippen LogP contribution in [-0.2, 0) is 11.0 Å². The van der Waals surface area contributed by atoms with Crippen molar-refractivity contribution in [3.8, 4) is 11.8 Å². The highest BCUT2D eigenvalue weighted by atomic mass is 35.5. The van der Waals surface area contributed by atoms with Gasteiger partial charge in [-0.15, -0.1) is 0 Å². The number of nitriles is 1. The van der Waals surface area contributed by atoms with Crippen LogP contribution in [0.2, 0.25) is 10.0 Å². The van der Waals surface area contributed by atoms with E-state index < -0.39 is 11.7 Å². The van der Waals surface area contributed by atoms with Gasteiger partial charge in [-0.25, -0.2) is 9.67 Å². The standard InChI is InChI=1S/C18H15Cl2F3N6O/c1-28(2)8-25-16-14(26-17(30)9-3-4-9)13(7-24)27-29(16)15-11(19)5-10(6-12(15)20)18(21,22)23/h5-6,8-9H,3-4H2,1-2H3,(H,26,30). The van der Waals surface area contributed by atoms with Crippen molar-refractivity contribution in [2.75, 3.05) is 19.4 Å². The summed E-state index contributed by atoms with van der Waals surface area (Å²) in [5.41, 5.74) is -1.28. The number of hydrogen-bond donors (Lipinski definition) is 1. The van der Waals surface area contributed by atoms with Crippen LogP contribution in [0.15, 0.2) is 17.1 Å². The predicted molar refractivity (Wildman–Crippen MR) is 106 cm³/mol. The lowest BCUT2D eigenvalue weighted by Gasteiger charge is -2.14. The summed E-state index contributed by atoms with van der Waals surface area (Å²) in [5, 5.41) is 15.5. The van der Waals surface area contributed by atoms with E-state index in [2.05, 4.69) is 15.4 Å². The molecular formula is C18H15Cl2F3N6O. The van der Waals surface area contributed by atoms with Crippen molar-refractivity contribution in [1.82, 2.24) is 14.7 Å². The van der Waals surface area contributed by atoms with Gasteiger partial charge in [-0.05, 0) is 25.0 Å². The maximum Gasteiger partial charge on any atom is 0.416 e. The molecule has 1 heterocycles. The number of alkyl halides is 3. The second kappa shape index (κ2) is 8.16. The van der Waals surface area contributed by atoms with E-state index in [1.807, 2.05) is 6.07 Å². The maximum atomic E-state index is 13.1. The summed E-state index contributed by atoms with van der Waals surface area (Å²) < 4.78 is 40.2. The number of nitrogens with one attached hydrogen (secondary N) is 1. The zero-order valence-electron chi connectivity index (χ0n) is 15.8. The fourth-order valence-corrected chi connectivity index (χ4v) is 3.20. The highest BCUT2D eigenvalue weighted by Crippen LogP contribution is 2.41. The molecule has 0 bridgehead atoms. The zero-order chi connectivity index (χ0) is 22.2. The molecule has 0 atom stereocenters. The molecule has 1 saturated carbocycles. The van der Waals surface area contributed by atoms with Gasteiger partial charge in [0.2, 0.25) is 5.91 Å². The first kappa shape index (κ1) is 21.9. The van der Waals surface area contributed by atoms with Crippen molar-refractivity contribution in [1.29, 1.82) is 5.26 Å². The Morgan fingerprint density at radius 3 is 2.43 bits per heavy atom. The van der Waals surface area contributed by atoms with Gasteiger partial charge in [0.25, 0.3) is 0 Å². The van der Waals surface area contributed by atoms with Gasteiger partial charge in [0, 0.05) is 20.0 Å². The number of carbonyl (C=O) groups is 1. The second-order valence-electron chi connectivity index (χ2n) is 6.83. The predicted octanol–water partition coefficient (Wildman–Crippen LogP) is 4.64. The van der Waals surface area contributed by atoms with Crippen LogP contribution in [0.3, 0.4) is 0 Å². The lowest BCUT2D eigenvalue weighted by Crippen LogP contribution is -2.14. The van der Waals surface area contributed by atoms with Gasteiger partial charge in [-0.2, -0.15) is 23.5 Å². The van der Waals surface area contributed by atoms with Gasteiger partial charge in [-0.1, -0.05) is 23.2 Å². The molecule has 1 aromatic heterocycles. The molecule has 1 aromatic carbocycles. The molecule has 30 heavy (non-hydrogen) atoms. The van der Waals surface area contributed by atoms with Crippen LogP contribution in [0.5, 0.6) is 0 Å². The second-order valence-corrected chi connectivity index (χ2v) is 7.64. The van der Waals surface area contributed by atoms with Crippen molar-refractivity contribution in [2.45, 2.75) is 19.0 Å². The van der Waals surface area contributed by atoms with Crippen LogP contribution >= 0.6 is 23.2 Å². The van der Waals surface area contributed by atoms with E-state index in [1.165, 1.54) is 6.34 Å². The molecule has 158 valence electrons. The summed E-state index contributed by atoms with van der Waals surface area (Å²) in [7, 11) is 3.38. The molecule has 1 amide bonds. The van der Waals surface area contributed by atoms with Crippen LogP contribution in [0.1, 0.15) is 24.1 Å². The number of nitrogens with zero attached hydrogens (tertiary/aromatic N) is 5. The molecule has 0 aliphatic heterocycles. The number of hydrogen-bond acceptors (Lipinski definition) is 4. The topological polar surface area (TPSA) is 86.3 Å². The summed E-state index contributed by atoms with van der Waals surface area (Å²) in [6, 6.07) is 3.27. The minimum absolute atomic E-state index is 0.00203. The van der Waals surface area contributed by atoms with Crippen LogP contribution in [0.25, 0.3) is 5.69 Å². The molecule has 7 nitrogen and oxygen atoms in total. The number of halogens is 5. The molecule has 0 spiro atoms. The van der Waals surface area contributed by atoms with Gasteiger partial charge >= 0.3 is 6.18 Å². The zero-order valence-corrected chi connectivity index (χ0v) is 17.3. The minimum Gasteiger partial charge on any atom is -0.369 e. The lowest BCUT2D eigenvalue weighted by atomic mass is 10.2. The number of aliphatic imine (C=N–C) groups is 1. The lowest BCUT2D eigenvalue weighted by molar-refractivity contribution is -0.137. The van der Waals surface area contributed by atoms with Crippen molar-refractivity contribution in [2.24, 2.45) is 10.9 Å². The minimum atomic E-state index is -4.65. The Morgan fingerprint density at radius 1 is 1.37 bits per heavy atom.